The van der Waals surface area contributed by atoms with Crippen LogP contribution in [0.4, 0.5) is 9.18 Å². The molecule has 6 rings (SSSR count). The Kier molecular flexibility index (Phi) is 11.4. The number of hydrogen-bond donors (Lipinski definition) is 3. The van der Waals surface area contributed by atoms with Crippen molar-refractivity contribution < 1.29 is 51.0 Å². The van der Waals surface area contributed by atoms with Crippen LogP contribution in [0.15, 0.2) is 30.4 Å². The van der Waals surface area contributed by atoms with Gasteiger partial charge in [0.05, 0.1) is 25.4 Å². The van der Waals surface area contributed by atoms with Gasteiger partial charge in [-0.05, 0) is 56.6 Å². The average Bonchev–Trinajstić information content (AvgIpc) is 4.00. The Labute approximate surface area is 307 Å². The smallest absolute Gasteiger partial charge is 0.410 e. The molecule has 3 fully saturated rings. The van der Waals surface area contributed by atoms with Gasteiger partial charge in [-0.2, -0.15) is 0 Å². The maximum absolute atomic E-state index is 14.4. The van der Waals surface area contributed by atoms with E-state index in [1.165, 1.54) is 23.0 Å². The number of rotatable bonds is 9. The van der Waals surface area contributed by atoms with Gasteiger partial charge >= 0.3 is 12.1 Å². The summed E-state index contributed by atoms with van der Waals surface area (Å²) in [6.07, 6.45) is 5.95. The van der Waals surface area contributed by atoms with Crippen molar-refractivity contribution in [2.45, 2.75) is 119 Å². The zero-order chi connectivity index (χ0) is 37.9. The van der Waals surface area contributed by atoms with Crippen LogP contribution in [0.5, 0.6) is 0 Å². The van der Waals surface area contributed by atoms with Crippen LogP contribution in [0.25, 0.3) is 0 Å². The second-order valence-electron chi connectivity index (χ2n) is 14.5. The van der Waals surface area contributed by atoms with Crippen molar-refractivity contribution in [2.75, 3.05) is 13.7 Å². The van der Waals surface area contributed by atoms with Crippen molar-refractivity contribution in [2.24, 2.45) is 5.92 Å². The number of nitrogens with one attached hydrogen (secondary N) is 3. The molecule has 0 radical (unpaired) electrons. The molecule has 1 aromatic rings. The van der Waals surface area contributed by atoms with E-state index in [9.17, 15) is 41.6 Å². The van der Waals surface area contributed by atoms with Crippen molar-refractivity contribution in [3.63, 3.8) is 0 Å². The largest absolute Gasteiger partial charge is 0.469 e. The maximum atomic E-state index is 14.4. The summed E-state index contributed by atoms with van der Waals surface area (Å²) >= 11 is 0. The molecule has 0 aromatic heterocycles. The first kappa shape index (κ1) is 38.2. The molecule has 3 N–H and O–H groups in total. The molecule has 2 aliphatic carbocycles. The SMILES string of the molecule is COC(=O)CCCC(=O)N[C@H]1CCCCC/C=C\[C@H]2C[C@@]2(C(=O)NS(=O)(=O)C2CC2)NC(=O)[C@@H]2C[C@@H](OC(=O)N3Cc4cccc(F)c4C3)CN2C1=O. The van der Waals surface area contributed by atoms with Crippen molar-refractivity contribution in [3.8, 4) is 0 Å². The van der Waals surface area contributed by atoms with Gasteiger partial charge < -0.3 is 25.0 Å². The van der Waals surface area contributed by atoms with E-state index in [2.05, 4.69) is 20.1 Å². The Morgan fingerprint density at radius 1 is 1.06 bits per heavy atom. The van der Waals surface area contributed by atoms with E-state index < -0.39 is 86.4 Å². The van der Waals surface area contributed by atoms with Gasteiger partial charge in [0.1, 0.15) is 29.5 Å². The van der Waals surface area contributed by atoms with Crippen molar-refractivity contribution in [3.05, 3.63) is 47.3 Å². The molecule has 17 heteroatoms. The third-order valence-electron chi connectivity index (χ3n) is 10.6. The number of fused-ring (bicyclic) bond motifs is 3. The zero-order valence-electron chi connectivity index (χ0n) is 29.6. The van der Waals surface area contributed by atoms with Crippen LogP contribution in [-0.4, -0.2) is 96.5 Å². The Hall–Kier alpha value is -4.54. The molecule has 0 unspecified atom stereocenters. The predicted octanol–water partition coefficient (Wildman–Crippen LogP) is 2.08. The fourth-order valence-electron chi connectivity index (χ4n) is 7.34. The number of carbonyl (C=O) groups excluding carboxylic acids is 6. The molecule has 288 valence electrons. The topological polar surface area (TPSA) is 198 Å². The lowest BCUT2D eigenvalue weighted by molar-refractivity contribution is -0.143. The summed E-state index contributed by atoms with van der Waals surface area (Å²) in [6, 6.07) is 2.29. The number of benzene rings is 1. The number of sulfonamides is 1. The highest BCUT2D eigenvalue weighted by molar-refractivity contribution is 7.91. The minimum Gasteiger partial charge on any atom is -0.469 e. The molecule has 2 saturated carbocycles. The number of allylic oxidation sites excluding steroid dienone is 1. The zero-order valence-corrected chi connectivity index (χ0v) is 30.5. The number of hydrogen-bond acceptors (Lipinski definition) is 10. The maximum Gasteiger partial charge on any atom is 0.410 e. The van der Waals surface area contributed by atoms with Crippen LogP contribution >= 0.6 is 0 Å². The van der Waals surface area contributed by atoms with E-state index in [1.807, 2.05) is 6.08 Å². The molecule has 0 spiro atoms. The second-order valence-corrected chi connectivity index (χ2v) is 16.5. The van der Waals surface area contributed by atoms with Crippen LogP contribution in [0.1, 0.15) is 88.2 Å². The van der Waals surface area contributed by atoms with E-state index in [0.29, 0.717) is 43.2 Å². The Bertz CT molecular complexity index is 1780. The normalized spacial score (nSPS) is 27.9. The summed E-state index contributed by atoms with van der Waals surface area (Å²) in [5, 5.41) is 4.88. The van der Waals surface area contributed by atoms with Gasteiger partial charge in [0.15, 0.2) is 0 Å². The van der Waals surface area contributed by atoms with Gasteiger partial charge in [0.25, 0.3) is 5.91 Å². The fraction of sp³-hybridized carbons (Fsp3) is 0.611. The van der Waals surface area contributed by atoms with Gasteiger partial charge in [-0.1, -0.05) is 37.1 Å². The molecule has 5 aliphatic rings. The highest BCUT2D eigenvalue weighted by Gasteiger charge is 2.62. The Morgan fingerprint density at radius 3 is 2.58 bits per heavy atom. The molecule has 5 amide bonds. The van der Waals surface area contributed by atoms with Crippen molar-refractivity contribution in [1.82, 2.24) is 25.2 Å². The van der Waals surface area contributed by atoms with Gasteiger partial charge in [0.2, 0.25) is 27.7 Å². The minimum atomic E-state index is -3.93. The lowest BCUT2D eigenvalue weighted by Crippen LogP contribution is -2.58. The quantitative estimate of drug-likeness (QED) is 0.248. The number of esters is 1. The van der Waals surface area contributed by atoms with Crippen LogP contribution in [0, 0.1) is 11.7 Å². The molecule has 1 saturated heterocycles. The number of methoxy groups -OCH3 is 1. The lowest BCUT2D eigenvalue weighted by Gasteiger charge is -2.30. The number of nitrogens with zero attached hydrogens (tertiary/aromatic N) is 2. The minimum absolute atomic E-state index is 0.0134. The van der Waals surface area contributed by atoms with E-state index >= 15 is 0 Å². The number of carbonyl (C=O) groups is 6. The first-order valence-corrected chi connectivity index (χ1v) is 19.8. The number of amides is 5. The Morgan fingerprint density at radius 2 is 1.85 bits per heavy atom. The summed E-state index contributed by atoms with van der Waals surface area (Å²) in [4.78, 5) is 82.6. The van der Waals surface area contributed by atoms with Gasteiger partial charge in [0, 0.05) is 37.3 Å². The highest BCUT2D eigenvalue weighted by atomic mass is 32.2. The monoisotopic (exact) mass is 759 g/mol. The predicted molar refractivity (Wildman–Crippen MR) is 185 cm³/mol. The summed E-state index contributed by atoms with van der Waals surface area (Å²) in [6.45, 7) is -0.1000. The third kappa shape index (κ3) is 8.82. The molecule has 1 aromatic carbocycles. The molecular formula is C36H46FN5O10S. The number of ether oxygens (including phenoxy) is 2. The second kappa shape index (κ2) is 15.8. The standard InChI is InChI=1S/C36H46FN5O10S/c1-51-31(44)14-8-13-30(43)38-28-12-6-4-2-3-5-10-23-18-36(23,34(47)40-53(49,50)25-15-16-25)39-32(45)29-17-24(20-42(29)33(28)46)52-35(48)41-19-22-9-7-11-27(37)26(22)21-41/h5,7,9-11,23-25,28-29H,2-4,6,8,12-21H2,1H3,(H,38,43)(H,39,45)(H,40,47)/b10-5-/t23-,24+,28-,29-,36+/m0/s1. The molecule has 15 nitrogen and oxygen atoms in total. The number of halogens is 1. The molecule has 3 aliphatic heterocycles. The average molecular weight is 760 g/mol. The third-order valence-corrected chi connectivity index (χ3v) is 12.5. The molecular weight excluding hydrogens is 713 g/mol. The fourth-order valence-corrected chi connectivity index (χ4v) is 8.70. The van der Waals surface area contributed by atoms with Crippen molar-refractivity contribution in [1.29, 1.82) is 0 Å². The lowest BCUT2D eigenvalue weighted by atomic mass is 10.0. The Balaban J connectivity index is 1.23. The first-order chi connectivity index (χ1) is 25.3. The van der Waals surface area contributed by atoms with E-state index in [0.717, 1.165) is 6.42 Å². The van der Waals surface area contributed by atoms with Crippen LogP contribution in [0.3, 0.4) is 0 Å². The summed E-state index contributed by atoms with van der Waals surface area (Å²) in [5.41, 5.74) is -0.553. The molecule has 0 bridgehead atoms. The van der Waals surface area contributed by atoms with Gasteiger partial charge in [-0.3, -0.25) is 33.6 Å². The first-order valence-electron chi connectivity index (χ1n) is 18.2. The molecule has 3 heterocycles. The molecule has 53 heavy (non-hydrogen) atoms. The van der Waals surface area contributed by atoms with E-state index in [-0.39, 0.29) is 58.2 Å². The van der Waals surface area contributed by atoms with Crippen LogP contribution in [0.2, 0.25) is 0 Å². The summed E-state index contributed by atoms with van der Waals surface area (Å²) in [7, 11) is -2.68. The van der Waals surface area contributed by atoms with Gasteiger partial charge in [-0.15, -0.1) is 0 Å². The molecule has 5 atom stereocenters. The van der Waals surface area contributed by atoms with Crippen molar-refractivity contribution >= 4 is 45.7 Å². The summed E-state index contributed by atoms with van der Waals surface area (Å²) in [5.74, 6) is -4.04. The van der Waals surface area contributed by atoms with Crippen LogP contribution in [-0.2, 0) is 56.6 Å². The van der Waals surface area contributed by atoms with E-state index in [1.54, 1.807) is 18.2 Å². The van der Waals surface area contributed by atoms with Crippen LogP contribution < -0.4 is 15.4 Å². The van der Waals surface area contributed by atoms with Gasteiger partial charge in [-0.25, -0.2) is 17.6 Å². The summed E-state index contributed by atoms with van der Waals surface area (Å²) < 4.78 is 52.5. The van der Waals surface area contributed by atoms with E-state index in [4.69, 9.17) is 4.74 Å². The highest BCUT2D eigenvalue weighted by Crippen LogP contribution is 2.46.